The summed E-state index contributed by atoms with van der Waals surface area (Å²) in [4.78, 5) is 16.5. The van der Waals surface area contributed by atoms with Gasteiger partial charge >= 0.3 is 0 Å². The number of fused-ring (bicyclic) bond motifs is 1. The fraction of sp³-hybridized carbons (Fsp3) is 0.0455. The zero-order chi connectivity index (χ0) is 20.2. The van der Waals surface area contributed by atoms with Crippen LogP contribution < -0.4 is 10.6 Å². The van der Waals surface area contributed by atoms with Gasteiger partial charge < -0.3 is 14.2 Å². The van der Waals surface area contributed by atoms with Crippen molar-refractivity contribution in [2.45, 2.75) is 6.92 Å². The fourth-order valence-electron chi connectivity index (χ4n) is 2.75. The number of oxazole rings is 1. The third-order valence-corrected chi connectivity index (χ3v) is 4.29. The summed E-state index contributed by atoms with van der Waals surface area (Å²) in [5, 5.41) is 5.77. The number of hydrogen-bond acceptors (Lipinski definition) is 5. The summed E-state index contributed by atoms with van der Waals surface area (Å²) in [6, 6.07) is 16.8. The van der Waals surface area contributed by atoms with Crippen LogP contribution in [0.4, 0.5) is 5.69 Å². The van der Waals surface area contributed by atoms with Gasteiger partial charge in [-0.25, -0.2) is 4.98 Å². The fourth-order valence-corrected chi connectivity index (χ4v) is 2.97. The Morgan fingerprint density at radius 2 is 2.03 bits per heavy atom. The molecule has 0 saturated carbocycles. The minimum Gasteiger partial charge on any atom is -0.465 e. The Bertz CT molecular complexity index is 1210. The van der Waals surface area contributed by atoms with Gasteiger partial charge in [0.1, 0.15) is 11.3 Å². The number of carbonyl (C=O) groups excluding carboxylic acids is 1. The number of benzene rings is 2. The highest BCUT2D eigenvalue weighted by Gasteiger charge is 2.10. The molecule has 0 bridgehead atoms. The van der Waals surface area contributed by atoms with Gasteiger partial charge in [0.25, 0.3) is 0 Å². The molecule has 0 unspecified atom stereocenters. The maximum absolute atomic E-state index is 12.0. The van der Waals surface area contributed by atoms with E-state index in [2.05, 4.69) is 15.6 Å². The maximum atomic E-state index is 12.0. The van der Waals surface area contributed by atoms with E-state index in [0.29, 0.717) is 17.3 Å². The van der Waals surface area contributed by atoms with Crippen molar-refractivity contribution >= 4 is 46.1 Å². The topological polar surface area (TPSA) is 80.3 Å². The van der Waals surface area contributed by atoms with E-state index in [-0.39, 0.29) is 11.0 Å². The monoisotopic (exact) mass is 403 g/mol. The highest BCUT2D eigenvalue weighted by Crippen LogP contribution is 2.26. The van der Waals surface area contributed by atoms with Crippen LogP contribution in [0.15, 0.2) is 75.8 Å². The molecule has 0 fully saturated rings. The molecule has 0 aliphatic rings. The van der Waals surface area contributed by atoms with E-state index in [0.717, 1.165) is 22.2 Å². The number of furan rings is 1. The van der Waals surface area contributed by atoms with Crippen molar-refractivity contribution in [3.05, 3.63) is 78.3 Å². The van der Waals surface area contributed by atoms with Gasteiger partial charge in [0, 0.05) is 17.3 Å². The minimum absolute atomic E-state index is 0.185. The van der Waals surface area contributed by atoms with Gasteiger partial charge in [0.15, 0.2) is 10.7 Å². The summed E-state index contributed by atoms with van der Waals surface area (Å²) >= 11 is 5.21. The number of anilines is 1. The molecule has 2 heterocycles. The molecular formula is C22H17N3O3S. The largest absolute Gasteiger partial charge is 0.465 e. The molecule has 1 amide bonds. The number of hydrogen-bond donors (Lipinski definition) is 2. The second kappa shape index (κ2) is 8.12. The van der Waals surface area contributed by atoms with Gasteiger partial charge in [-0.1, -0.05) is 12.1 Å². The summed E-state index contributed by atoms with van der Waals surface area (Å²) in [5.74, 6) is 0.746. The van der Waals surface area contributed by atoms with Crippen LogP contribution in [0, 0.1) is 6.92 Å². The van der Waals surface area contributed by atoms with Crippen LogP contribution in [0.5, 0.6) is 0 Å². The molecule has 2 N–H and O–H groups in total. The molecule has 2 aromatic heterocycles. The van der Waals surface area contributed by atoms with Crippen LogP contribution in [0.25, 0.3) is 28.6 Å². The Morgan fingerprint density at radius 1 is 1.14 bits per heavy atom. The summed E-state index contributed by atoms with van der Waals surface area (Å²) in [5.41, 5.74) is 4.17. The van der Waals surface area contributed by atoms with Gasteiger partial charge in [0.05, 0.1) is 6.26 Å². The zero-order valence-corrected chi connectivity index (χ0v) is 16.3. The molecule has 0 spiro atoms. The third kappa shape index (κ3) is 4.59. The average molecular weight is 403 g/mol. The van der Waals surface area contributed by atoms with E-state index in [9.17, 15) is 4.79 Å². The highest BCUT2D eigenvalue weighted by molar-refractivity contribution is 7.80. The lowest BCUT2D eigenvalue weighted by molar-refractivity contribution is -0.115. The number of nitrogens with one attached hydrogen (secondary N) is 2. The Labute approximate surface area is 172 Å². The first kappa shape index (κ1) is 18.6. The lowest BCUT2D eigenvalue weighted by atomic mass is 10.2. The average Bonchev–Trinajstić information content (AvgIpc) is 3.35. The van der Waals surface area contributed by atoms with Crippen molar-refractivity contribution in [3.63, 3.8) is 0 Å². The molecule has 4 rings (SSSR count). The van der Waals surface area contributed by atoms with Crippen molar-refractivity contribution in [1.82, 2.24) is 10.3 Å². The van der Waals surface area contributed by atoms with Crippen molar-refractivity contribution in [1.29, 1.82) is 0 Å². The molecule has 7 heteroatoms. The van der Waals surface area contributed by atoms with Crippen LogP contribution in [0.1, 0.15) is 11.3 Å². The van der Waals surface area contributed by atoms with E-state index >= 15 is 0 Å². The molecule has 0 atom stereocenters. The molecule has 29 heavy (non-hydrogen) atoms. The van der Waals surface area contributed by atoms with Crippen LogP contribution in [-0.2, 0) is 4.79 Å². The van der Waals surface area contributed by atoms with Gasteiger partial charge in [-0.2, -0.15) is 0 Å². The SMILES string of the molecule is Cc1ccc2oc(-c3cccc(NC(=S)NC(=O)/C=C/c4ccco4)c3)nc2c1. The molecule has 6 nitrogen and oxygen atoms in total. The van der Waals surface area contributed by atoms with Crippen LogP contribution in [-0.4, -0.2) is 16.0 Å². The van der Waals surface area contributed by atoms with Crippen molar-refractivity contribution in [2.75, 3.05) is 5.32 Å². The van der Waals surface area contributed by atoms with Crippen LogP contribution in [0.2, 0.25) is 0 Å². The van der Waals surface area contributed by atoms with Crippen molar-refractivity contribution in [2.24, 2.45) is 0 Å². The maximum Gasteiger partial charge on any atom is 0.250 e. The smallest absolute Gasteiger partial charge is 0.250 e. The third-order valence-electron chi connectivity index (χ3n) is 4.09. The van der Waals surface area contributed by atoms with Crippen LogP contribution >= 0.6 is 12.2 Å². The predicted molar refractivity (Wildman–Crippen MR) is 116 cm³/mol. The Kier molecular flexibility index (Phi) is 5.22. The van der Waals surface area contributed by atoms with E-state index in [1.165, 1.54) is 12.3 Å². The lowest BCUT2D eigenvalue weighted by Crippen LogP contribution is -2.32. The molecule has 0 radical (unpaired) electrons. The van der Waals surface area contributed by atoms with E-state index in [1.54, 1.807) is 18.2 Å². The van der Waals surface area contributed by atoms with Gasteiger partial charge in [-0.3, -0.25) is 10.1 Å². The number of amides is 1. The van der Waals surface area contributed by atoms with E-state index in [1.807, 2.05) is 49.4 Å². The Morgan fingerprint density at radius 3 is 2.86 bits per heavy atom. The molecule has 2 aromatic carbocycles. The molecule has 4 aromatic rings. The lowest BCUT2D eigenvalue weighted by Gasteiger charge is -2.08. The predicted octanol–water partition coefficient (Wildman–Crippen LogP) is 4.92. The number of rotatable bonds is 4. The normalized spacial score (nSPS) is 11.1. The number of aromatic nitrogens is 1. The first-order valence-electron chi connectivity index (χ1n) is 8.88. The number of thiocarbonyl (C=S) groups is 1. The molecule has 0 aliphatic carbocycles. The minimum atomic E-state index is -0.357. The van der Waals surface area contributed by atoms with Crippen molar-refractivity contribution in [3.8, 4) is 11.5 Å². The van der Waals surface area contributed by atoms with E-state index < -0.39 is 0 Å². The molecular weight excluding hydrogens is 386 g/mol. The van der Waals surface area contributed by atoms with Gasteiger partial charge in [0.2, 0.25) is 11.8 Å². The summed E-state index contributed by atoms with van der Waals surface area (Å²) in [6.45, 7) is 2.01. The van der Waals surface area contributed by atoms with Gasteiger partial charge in [-0.05, 0) is 73.2 Å². The Balaban J connectivity index is 1.44. The molecule has 0 aliphatic heterocycles. The second-order valence-electron chi connectivity index (χ2n) is 6.36. The standard InChI is InChI=1S/C22H17N3O3S/c1-14-7-9-19-18(12-14)24-21(28-19)15-4-2-5-16(13-15)23-22(29)25-20(26)10-8-17-6-3-11-27-17/h2-13H,1H3,(H2,23,25,26,29)/b10-8+. The summed E-state index contributed by atoms with van der Waals surface area (Å²) in [6.07, 6.45) is 4.45. The number of carbonyl (C=O) groups is 1. The molecule has 144 valence electrons. The summed E-state index contributed by atoms with van der Waals surface area (Å²) in [7, 11) is 0. The van der Waals surface area contributed by atoms with Crippen molar-refractivity contribution < 1.29 is 13.6 Å². The second-order valence-corrected chi connectivity index (χ2v) is 6.77. The number of nitrogens with zero attached hydrogens (tertiary/aromatic N) is 1. The Hall–Kier alpha value is -3.71. The van der Waals surface area contributed by atoms with Gasteiger partial charge in [-0.15, -0.1) is 0 Å². The zero-order valence-electron chi connectivity index (χ0n) is 15.5. The first-order chi connectivity index (χ1) is 14.1. The highest BCUT2D eigenvalue weighted by atomic mass is 32.1. The van der Waals surface area contributed by atoms with Crippen LogP contribution in [0.3, 0.4) is 0 Å². The first-order valence-corrected chi connectivity index (χ1v) is 9.29. The molecule has 0 saturated heterocycles. The van der Waals surface area contributed by atoms with E-state index in [4.69, 9.17) is 21.1 Å². The quantitative estimate of drug-likeness (QED) is 0.372. The summed E-state index contributed by atoms with van der Waals surface area (Å²) < 4.78 is 11.0. The number of aryl methyl sites for hydroxylation is 1.